The Labute approximate surface area is 102 Å². The van der Waals surface area contributed by atoms with Crippen LogP contribution in [0.1, 0.15) is 35.1 Å². The van der Waals surface area contributed by atoms with Crippen LogP contribution in [0.3, 0.4) is 0 Å². The van der Waals surface area contributed by atoms with Crippen LogP contribution in [0.2, 0.25) is 0 Å². The Morgan fingerprint density at radius 2 is 1.53 bits per heavy atom. The number of hydrogen-bond acceptors (Lipinski definition) is 1. The molecule has 0 saturated heterocycles. The van der Waals surface area contributed by atoms with Gasteiger partial charge >= 0.3 is 0 Å². The minimum Gasteiger partial charge on any atom is -0.313 e. The molecule has 0 bridgehead atoms. The van der Waals surface area contributed by atoms with E-state index in [1.165, 1.54) is 23.1 Å². The van der Waals surface area contributed by atoms with E-state index in [0.717, 1.165) is 0 Å². The molecule has 0 fully saturated rings. The molecule has 0 aliphatic heterocycles. The monoisotopic (exact) mass is 223 g/mol. The van der Waals surface area contributed by atoms with Crippen LogP contribution >= 0.6 is 0 Å². The fraction of sp³-hybridized carbons (Fsp3) is 0.250. The van der Waals surface area contributed by atoms with Crippen molar-refractivity contribution < 1.29 is 0 Å². The number of fused-ring (bicyclic) bond motifs is 1. The Morgan fingerprint density at radius 3 is 2.24 bits per heavy atom. The maximum absolute atomic E-state index is 3.42. The van der Waals surface area contributed by atoms with Crippen LogP contribution in [-0.2, 0) is 0 Å². The number of benzene rings is 2. The minimum absolute atomic E-state index is 0.497. The zero-order valence-electron chi connectivity index (χ0n) is 10.1. The van der Waals surface area contributed by atoms with Gasteiger partial charge in [0.1, 0.15) is 0 Å². The number of rotatable bonds is 2. The lowest BCUT2D eigenvalue weighted by atomic mass is 9.93. The summed E-state index contributed by atoms with van der Waals surface area (Å²) in [5, 5.41) is 3.42. The van der Waals surface area contributed by atoms with Crippen molar-refractivity contribution in [2.75, 3.05) is 7.05 Å². The second-order valence-electron chi connectivity index (χ2n) is 4.67. The number of nitrogens with one attached hydrogen (secondary N) is 1. The van der Waals surface area contributed by atoms with Gasteiger partial charge in [0.25, 0.3) is 0 Å². The predicted octanol–water partition coefficient (Wildman–Crippen LogP) is 3.48. The summed E-state index contributed by atoms with van der Waals surface area (Å²) >= 11 is 0. The van der Waals surface area contributed by atoms with Gasteiger partial charge in [-0.25, -0.2) is 0 Å². The summed E-state index contributed by atoms with van der Waals surface area (Å²) in [4.78, 5) is 0. The van der Waals surface area contributed by atoms with Crippen molar-refractivity contribution in [1.82, 2.24) is 5.32 Å². The van der Waals surface area contributed by atoms with Crippen molar-refractivity contribution in [3.05, 3.63) is 71.3 Å². The van der Waals surface area contributed by atoms with Gasteiger partial charge in [-0.3, -0.25) is 0 Å². The van der Waals surface area contributed by atoms with Crippen molar-refractivity contribution in [3.63, 3.8) is 0 Å². The quantitative estimate of drug-likeness (QED) is 0.822. The smallest absolute Gasteiger partial charge is 0.0329 e. The first-order valence-electron chi connectivity index (χ1n) is 6.21. The Hall–Kier alpha value is -1.60. The molecular formula is C16H17N. The molecule has 1 N–H and O–H groups in total. The van der Waals surface area contributed by atoms with Gasteiger partial charge in [0.15, 0.2) is 0 Å². The Morgan fingerprint density at radius 1 is 0.882 bits per heavy atom. The van der Waals surface area contributed by atoms with Gasteiger partial charge in [0.2, 0.25) is 0 Å². The van der Waals surface area contributed by atoms with Crippen LogP contribution in [0.15, 0.2) is 54.6 Å². The molecule has 2 atom stereocenters. The van der Waals surface area contributed by atoms with E-state index in [1.807, 2.05) is 0 Å². The van der Waals surface area contributed by atoms with Gasteiger partial charge in [-0.05, 0) is 30.2 Å². The Balaban J connectivity index is 2.05. The van der Waals surface area contributed by atoms with Crippen molar-refractivity contribution >= 4 is 0 Å². The van der Waals surface area contributed by atoms with Crippen LogP contribution in [0, 0.1) is 0 Å². The summed E-state index contributed by atoms with van der Waals surface area (Å²) in [6.07, 6.45) is 1.17. The van der Waals surface area contributed by atoms with E-state index >= 15 is 0 Å². The molecule has 0 amide bonds. The molecule has 0 spiro atoms. The maximum Gasteiger partial charge on any atom is 0.0329 e. The molecule has 86 valence electrons. The minimum atomic E-state index is 0.497. The average Bonchev–Trinajstić information content (AvgIpc) is 2.78. The highest BCUT2D eigenvalue weighted by molar-refractivity contribution is 5.44. The topological polar surface area (TPSA) is 12.0 Å². The fourth-order valence-corrected chi connectivity index (χ4v) is 2.91. The first-order chi connectivity index (χ1) is 8.40. The zero-order valence-corrected chi connectivity index (χ0v) is 10.1. The molecule has 1 unspecified atom stereocenters. The van der Waals surface area contributed by atoms with Gasteiger partial charge in [-0.2, -0.15) is 0 Å². The summed E-state index contributed by atoms with van der Waals surface area (Å²) in [6.45, 7) is 0. The predicted molar refractivity (Wildman–Crippen MR) is 71.1 cm³/mol. The molecule has 1 heteroatoms. The summed E-state index contributed by atoms with van der Waals surface area (Å²) < 4.78 is 0. The van der Waals surface area contributed by atoms with E-state index in [0.29, 0.717) is 12.0 Å². The summed E-state index contributed by atoms with van der Waals surface area (Å²) in [5.74, 6) is 0.546. The summed E-state index contributed by atoms with van der Waals surface area (Å²) in [5.41, 5.74) is 4.37. The molecule has 0 aromatic heterocycles. The molecule has 1 aliphatic rings. The largest absolute Gasteiger partial charge is 0.313 e. The Bertz CT molecular complexity index is 504. The van der Waals surface area contributed by atoms with Crippen LogP contribution < -0.4 is 5.32 Å². The van der Waals surface area contributed by atoms with E-state index in [4.69, 9.17) is 0 Å². The molecule has 1 aliphatic carbocycles. The molecule has 2 aromatic carbocycles. The second kappa shape index (κ2) is 4.34. The third kappa shape index (κ3) is 1.77. The molecule has 3 rings (SSSR count). The van der Waals surface area contributed by atoms with E-state index in [-0.39, 0.29) is 0 Å². The lowest BCUT2D eigenvalue weighted by molar-refractivity contribution is 0.564. The number of hydrogen-bond donors (Lipinski definition) is 1. The molecule has 0 saturated carbocycles. The maximum atomic E-state index is 3.42. The highest BCUT2D eigenvalue weighted by atomic mass is 14.9. The Kier molecular flexibility index (Phi) is 2.69. The normalized spacial score (nSPS) is 22.4. The van der Waals surface area contributed by atoms with Crippen molar-refractivity contribution in [2.24, 2.45) is 0 Å². The van der Waals surface area contributed by atoms with Crippen LogP contribution in [0.25, 0.3) is 0 Å². The summed E-state index contributed by atoms with van der Waals surface area (Å²) in [7, 11) is 2.05. The van der Waals surface area contributed by atoms with Crippen molar-refractivity contribution in [1.29, 1.82) is 0 Å². The average molecular weight is 223 g/mol. The van der Waals surface area contributed by atoms with E-state index < -0.39 is 0 Å². The third-order valence-corrected chi connectivity index (χ3v) is 3.77. The van der Waals surface area contributed by atoms with Crippen LogP contribution in [0.5, 0.6) is 0 Å². The highest BCUT2D eigenvalue weighted by Crippen LogP contribution is 2.43. The molecule has 2 aromatic rings. The van der Waals surface area contributed by atoms with Crippen molar-refractivity contribution in [2.45, 2.75) is 18.4 Å². The van der Waals surface area contributed by atoms with Gasteiger partial charge in [0.05, 0.1) is 0 Å². The van der Waals surface area contributed by atoms with Crippen LogP contribution in [0.4, 0.5) is 0 Å². The lowest BCUT2D eigenvalue weighted by Crippen LogP contribution is -2.13. The first-order valence-corrected chi connectivity index (χ1v) is 6.21. The van der Waals surface area contributed by atoms with Gasteiger partial charge in [0, 0.05) is 12.0 Å². The fourth-order valence-electron chi connectivity index (χ4n) is 2.91. The van der Waals surface area contributed by atoms with Gasteiger partial charge < -0.3 is 5.32 Å². The molecule has 17 heavy (non-hydrogen) atoms. The second-order valence-corrected chi connectivity index (χ2v) is 4.67. The molecule has 0 heterocycles. The molecule has 0 radical (unpaired) electrons. The summed E-state index contributed by atoms with van der Waals surface area (Å²) in [6, 6.07) is 20.1. The van der Waals surface area contributed by atoms with Gasteiger partial charge in [-0.1, -0.05) is 54.6 Å². The lowest BCUT2D eigenvalue weighted by Gasteiger charge is -2.12. The zero-order chi connectivity index (χ0) is 11.7. The van der Waals surface area contributed by atoms with Crippen LogP contribution in [-0.4, -0.2) is 7.05 Å². The SMILES string of the molecule is CNC1C[C@@H](c2ccccc2)c2ccccc21. The molecular weight excluding hydrogens is 206 g/mol. The van der Waals surface area contributed by atoms with E-state index in [2.05, 4.69) is 67.0 Å². The standard InChI is InChI=1S/C16H17N/c1-17-16-11-15(12-7-3-2-4-8-12)13-9-5-6-10-14(13)16/h2-10,15-17H,11H2,1H3/t15-,16?/m0/s1. The van der Waals surface area contributed by atoms with E-state index in [9.17, 15) is 0 Å². The van der Waals surface area contributed by atoms with Crippen molar-refractivity contribution in [3.8, 4) is 0 Å². The molecule has 1 nitrogen and oxygen atoms in total. The van der Waals surface area contributed by atoms with Gasteiger partial charge in [-0.15, -0.1) is 0 Å². The third-order valence-electron chi connectivity index (χ3n) is 3.77. The highest BCUT2D eigenvalue weighted by Gasteiger charge is 2.30. The first kappa shape index (κ1) is 10.5. The van der Waals surface area contributed by atoms with E-state index in [1.54, 1.807) is 0 Å².